The third-order valence-corrected chi connectivity index (χ3v) is 5.30. The van der Waals surface area contributed by atoms with Gasteiger partial charge in [-0.2, -0.15) is 8.75 Å². The van der Waals surface area contributed by atoms with E-state index >= 15 is 0 Å². The molecule has 0 aliphatic carbocycles. The molecule has 0 spiro atoms. The van der Waals surface area contributed by atoms with Gasteiger partial charge in [0.1, 0.15) is 11.0 Å². The molecule has 2 heterocycles. The highest BCUT2D eigenvalue weighted by Gasteiger charge is 2.19. The summed E-state index contributed by atoms with van der Waals surface area (Å²) in [4.78, 5) is 13.7. The maximum Gasteiger partial charge on any atom is 0.175 e. The normalized spacial score (nSPS) is 11.5. The van der Waals surface area contributed by atoms with Gasteiger partial charge >= 0.3 is 0 Å². The van der Waals surface area contributed by atoms with E-state index in [9.17, 15) is 4.79 Å². The van der Waals surface area contributed by atoms with Crippen molar-refractivity contribution < 1.29 is 4.79 Å². The van der Waals surface area contributed by atoms with Crippen LogP contribution in [0.2, 0.25) is 10.0 Å². The zero-order valence-corrected chi connectivity index (χ0v) is 14.3. The van der Waals surface area contributed by atoms with Crippen molar-refractivity contribution in [2.24, 2.45) is 5.92 Å². The van der Waals surface area contributed by atoms with Crippen LogP contribution in [-0.4, -0.2) is 14.5 Å². The van der Waals surface area contributed by atoms with Crippen LogP contribution in [0, 0.1) is 5.92 Å². The largest absolute Gasteiger partial charge is 0.293 e. The van der Waals surface area contributed by atoms with Gasteiger partial charge in [0.05, 0.1) is 26.7 Å². The number of carbonyl (C=O) groups is 1. The van der Waals surface area contributed by atoms with Crippen molar-refractivity contribution in [1.29, 1.82) is 0 Å². The van der Waals surface area contributed by atoms with E-state index in [0.717, 1.165) is 27.0 Å². The molecule has 0 aliphatic heterocycles. The van der Waals surface area contributed by atoms with E-state index in [0.29, 0.717) is 21.1 Å². The smallest absolute Gasteiger partial charge is 0.175 e. The van der Waals surface area contributed by atoms with E-state index in [2.05, 4.69) is 8.75 Å². The van der Waals surface area contributed by atoms with Crippen molar-refractivity contribution in [3.05, 3.63) is 33.1 Å². The molecule has 0 bridgehead atoms. The first kappa shape index (κ1) is 14.9. The highest BCUT2D eigenvalue weighted by Crippen LogP contribution is 2.41. The predicted molar refractivity (Wildman–Crippen MR) is 89.9 cm³/mol. The van der Waals surface area contributed by atoms with Gasteiger partial charge in [0.15, 0.2) is 5.78 Å². The second-order valence-electron chi connectivity index (χ2n) is 4.86. The first-order valence-corrected chi connectivity index (χ1v) is 8.54. The lowest BCUT2D eigenvalue weighted by Crippen LogP contribution is -2.04. The number of hydrogen-bond acceptors (Lipinski definition) is 5. The van der Waals surface area contributed by atoms with E-state index in [1.807, 2.05) is 26.0 Å². The van der Waals surface area contributed by atoms with E-state index < -0.39 is 0 Å². The number of carbonyl (C=O) groups excluding carboxylic acids is 1. The molecule has 3 nitrogen and oxygen atoms in total. The Hall–Kier alpha value is -1.01. The Balaban J connectivity index is 2.17. The molecule has 3 rings (SSSR count). The SMILES string of the molecule is CC(C)C(=O)c1ccc(-c2c(Cl)cc(Cl)c3nsnc23)s1. The summed E-state index contributed by atoms with van der Waals surface area (Å²) in [7, 11) is 0. The average Bonchev–Trinajstić information content (AvgIpc) is 3.06. The lowest BCUT2D eigenvalue weighted by molar-refractivity contribution is 0.0943. The third kappa shape index (κ3) is 2.59. The van der Waals surface area contributed by atoms with Gasteiger partial charge in [0, 0.05) is 16.4 Å². The molecule has 0 aliphatic rings. The number of rotatable bonds is 3. The van der Waals surface area contributed by atoms with E-state index in [-0.39, 0.29) is 11.7 Å². The summed E-state index contributed by atoms with van der Waals surface area (Å²) in [5, 5.41) is 1.01. The maximum atomic E-state index is 12.1. The summed E-state index contributed by atoms with van der Waals surface area (Å²) in [5.41, 5.74) is 2.12. The first-order valence-electron chi connectivity index (χ1n) is 6.23. The fraction of sp³-hybridized carbons (Fsp3) is 0.214. The number of fused-ring (bicyclic) bond motifs is 1. The van der Waals surface area contributed by atoms with Crippen molar-refractivity contribution in [2.45, 2.75) is 13.8 Å². The summed E-state index contributed by atoms with van der Waals surface area (Å²) < 4.78 is 8.48. The van der Waals surface area contributed by atoms with Gasteiger partial charge in [-0.05, 0) is 18.2 Å². The second-order valence-corrected chi connectivity index (χ2v) is 7.29. The molecule has 3 aromatic rings. The highest BCUT2D eigenvalue weighted by atomic mass is 35.5. The van der Waals surface area contributed by atoms with Crippen LogP contribution in [-0.2, 0) is 0 Å². The van der Waals surface area contributed by atoms with E-state index in [1.54, 1.807) is 6.07 Å². The molecule has 1 aromatic carbocycles. The van der Waals surface area contributed by atoms with Crippen molar-refractivity contribution >= 4 is 63.1 Å². The second kappa shape index (κ2) is 5.65. The van der Waals surface area contributed by atoms with E-state index in [4.69, 9.17) is 23.2 Å². The van der Waals surface area contributed by atoms with Crippen molar-refractivity contribution in [1.82, 2.24) is 8.75 Å². The van der Waals surface area contributed by atoms with Gasteiger partial charge in [-0.1, -0.05) is 37.0 Å². The van der Waals surface area contributed by atoms with Gasteiger partial charge in [-0.25, -0.2) is 0 Å². The van der Waals surface area contributed by atoms with Crippen LogP contribution in [0.1, 0.15) is 23.5 Å². The molecule has 0 N–H and O–H groups in total. The predicted octanol–water partition coefficient (Wildman–Crippen LogP) is 5.57. The Bertz CT molecular complexity index is 839. The Kier molecular flexibility index (Phi) is 4.01. The average molecular weight is 357 g/mol. The minimum atomic E-state index is -0.0295. The van der Waals surface area contributed by atoms with Crippen LogP contribution in [0.3, 0.4) is 0 Å². The number of hydrogen-bond donors (Lipinski definition) is 0. The lowest BCUT2D eigenvalue weighted by Gasteiger charge is -2.04. The summed E-state index contributed by atoms with van der Waals surface area (Å²) in [5.74, 6) is 0.0992. The van der Waals surface area contributed by atoms with Crippen LogP contribution in [0.5, 0.6) is 0 Å². The van der Waals surface area contributed by atoms with Crippen LogP contribution in [0.25, 0.3) is 21.5 Å². The molecule has 108 valence electrons. The molecule has 7 heteroatoms. The molecule has 0 saturated heterocycles. The fourth-order valence-electron chi connectivity index (χ4n) is 2.00. The summed E-state index contributed by atoms with van der Waals surface area (Å²) in [6, 6.07) is 5.40. The molecular formula is C14H10Cl2N2OS2. The molecule has 0 saturated carbocycles. The zero-order chi connectivity index (χ0) is 15.1. The van der Waals surface area contributed by atoms with Crippen LogP contribution in [0.15, 0.2) is 18.2 Å². The quantitative estimate of drug-likeness (QED) is 0.576. The van der Waals surface area contributed by atoms with Gasteiger partial charge in [0.2, 0.25) is 0 Å². The number of aromatic nitrogens is 2. The van der Waals surface area contributed by atoms with Crippen molar-refractivity contribution in [2.75, 3.05) is 0 Å². The lowest BCUT2D eigenvalue weighted by atomic mass is 10.1. The third-order valence-electron chi connectivity index (χ3n) is 3.06. The summed E-state index contributed by atoms with van der Waals surface area (Å²) >= 11 is 15.0. The number of Topliss-reactive ketones (excluding diaryl/α,β-unsaturated/α-hetero) is 1. The topological polar surface area (TPSA) is 42.9 Å². The number of halogens is 2. The summed E-state index contributed by atoms with van der Waals surface area (Å²) in [6.45, 7) is 3.78. The van der Waals surface area contributed by atoms with Crippen LogP contribution < -0.4 is 0 Å². The Morgan fingerprint density at radius 2 is 1.86 bits per heavy atom. The Morgan fingerprint density at radius 1 is 1.14 bits per heavy atom. The monoisotopic (exact) mass is 356 g/mol. The van der Waals surface area contributed by atoms with Gasteiger partial charge < -0.3 is 0 Å². The number of thiophene rings is 1. The minimum absolute atomic E-state index is 0.0295. The first-order chi connectivity index (χ1) is 9.99. The standard InChI is InChI=1S/C14H10Cl2N2OS2/c1-6(2)14(19)10-4-3-9(20-10)11-7(15)5-8(16)12-13(11)18-21-17-12/h3-6H,1-2H3. The molecule has 2 aromatic heterocycles. The highest BCUT2D eigenvalue weighted by molar-refractivity contribution is 7.17. The number of benzene rings is 1. The molecular weight excluding hydrogens is 347 g/mol. The Morgan fingerprint density at radius 3 is 2.57 bits per heavy atom. The molecule has 0 amide bonds. The summed E-state index contributed by atoms with van der Waals surface area (Å²) in [6.07, 6.45) is 0. The molecule has 0 radical (unpaired) electrons. The molecule has 0 unspecified atom stereocenters. The number of ketones is 1. The molecule has 0 atom stereocenters. The number of nitrogens with zero attached hydrogens (tertiary/aromatic N) is 2. The molecule has 0 fully saturated rings. The Labute approximate surface area is 139 Å². The van der Waals surface area contributed by atoms with Gasteiger partial charge in [0.25, 0.3) is 0 Å². The maximum absolute atomic E-state index is 12.1. The molecule has 21 heavy (non-hydrogen) atoms. The zero-order valence-electron chi connectivity index (χ0n) is 11.2. The van der Waals surface area contributed by atoms with Gasteiger partial charge in [-0.15, -0.1) is 11.3 Å². The van der Waals surface area contributed by atoms with Gasteiger partial charge in [-0.3, -0.25) is 4.79 Å². The van der Waals surface area contributed by atoms with Crippen molar-refractivity contribution in [3.63, 3.8) is 0 Å². The van der Waals surface area contributed by atoms with Crippen LogP contribution >= 0.6 is 46.3 Å². The van der Waals surface area contributed by atoms with Crippen molar-refractivity contribution in [3.8, 4) is 10.4 Å². The van der Waals surface area contributed by atoms with Crippen LogP contribution in [0.4, 0.5) is 0 Å². The minimum Gasteiger partial charge on any atom is -0.293 e. The fourth-order valence-corrected chi connectivity index (χ4v) is 4.42. The van der Waals surface area contributed by atoms with E-state index in [1.165, 1.54) is 11.3 Å².